The predicted octanol–water partition coefficient (Wildman–Crippen LogP) is 3.26. The van der Waals surface area contributed by atoms with E-state index in [1.165, 1.54) is 0 Å². The van der Waals surface area contributed by atoms with Gasteiger partial charge >= 0.3 is 5.97 Å². The Morgan fingerprint density at radius 2 is 2.12 bits per heavy atom. The molecule has 0 heterocycles. The maximum Gasteiger partial charge on any atom is 0.319 e. The van der Waals surface area contributed by atoms with Crippen LogP contribution in [-0.4, -0.2) is 17.9 Å². The number of carbonyl (C=O) groups is 2. The standard InChI is InChI=1S/C14H24O3/c1-4-5-6-9-14(10-7-8-12(14)15)13(16)17-11(2)3/h11H,4-10H2,1-3H3. The van der Waals surface area contributed by atoms with E-state index in [1.807, 2.05) is 13.8 Å². The van der Waals surface area contributed by atoms with Crippen molar-refractivity contribution in [3.63, 3.8) is 0 Å². The molecule has 0 aromatic rings. The summed E-state index contributed by atoms with van der Waals surface area (Å²) in [6.07, 6.45) is 5.70. The van der Waals surface area contributed by atoms with Crippen molar-refractivity contribution < 1.29 is 14.3 Å². The largest absolute Gasteiger partial charge is 0.462 e. The fourth-order valence-corrected chi connectivity index (χ4v) is 2.52. The number of rotatable bonds is 6. The summed E-state index contributed by atoms with van der Waals surface area (Å²) in [5.41, 5.74) is -0.806. The number of ether oxygens (including phenoxy) is 1. The lowest BCUT2D eigenvalue weighted by atomic mass is 9.80. The molecule has 0 N–H and O–H groups in total. The molecule has 1 atom stereocenters. The number of ketones is 1. The Bertz CT molecular complexity index is 283. The zero-order valence-electron chi connectivity index (χ0n) is 11.3. The number of unbranched alkanes of at least 4 members (excludes halogenated alkanes) is 2. The third kappa shape index (κ3) is 3.30. The van der Waals surface area contributed by atoms with Gasteiger partial charge in [0, 0.05) is 6.42 Å². The lowest BCUT2D eigenvalue weighted by molar-refractivity contribution is -0.163. The van der Waals surface area contributed by atoms with Gasteiger partial charge in [0.25, 0.3) is 0 Å². The van der Waals surface area contributed by atoms with Gasteiger partial charge in [-0.2, -0.15) is 0 Å². The van der Waals surface area contributed by atoms with Gasteiger partial charge in [0.2, 0.25) is 0 Å². The molecule has 0 aliphatic heterocycles. The van der Waals surface area contributed by atoms with Gasteiger partial charge in [0.15, 0.2) is 0 Å². The van der Waals surface area contributed by atoms with E-state index in [0.29, 0.717) is 19.3 Å². The van der Waals surface area contributed by atoms with E-state index in [4.69, 9.17) is 4.74 Å². The van der Waals surface area contributed by atoms with E-state index < -0.39 is 5.41 Å². The van der Waals surface area contributed by atoms with Crippen LogP contribution in [0.5, 0.6) is 0 Å². The van der Waals surface area contributed by atoms with Gasteiger partial charge in [-0.25, -0.2) is 0 Å². The van der Waals surface area contributed by atoms with Gasteiger partial charge in [-0.15, -0.1) is 0 Å². The normalized spacial score (nSPS) is 24.4. The number of hydrogen-bond donors (Lipinski definition) is 0. The van der Waals surface area contributed by atoms with Gasteiger partial charge < -0.3 is 4.74 Å². The van der Waals surface area contributed by atoms with Crippen molar-refractivity contribution in [2.45, 2.75) is 71.8 Å². The molecule has 0 aromatic heterocycles. The van der Waals surface area contributed by atoms with Crippen molar-refractivity contribution in [2.75, 3.05) is 0 Å². The minimum atomic E-state index is -0.806. The molecule has 3 nitrogen and oxygen atoms in total. The van der Waals surface area contributed by atoms with Crippen LogP contribution in [0.3, 0.4) is 0 Å². The van der Waals surface area contributed by atoms with Gasteiger partial charge in [0.1, 0.15) is 11.2 Å². The predicted molar refractivity (Wildman–Crippen MR) is 66.7 cm³/mol. The number of carbonyl (C=O) groups excluding carboxylic acids is 2. The molecule has 1 rings (SSSR count). The van der Waals surface area contributed by atoms with Crippen LogP contribution in [-0.2, 0) is 14.3 Å². The van der Waals surface area contributed by atoms with E-state index in [-0.39, 0.29) is 17.9 Å². The Labute approximate surface area is 104 Å². The Morgan fingerprint density at radius 1 is 1.41 bits per heavy atom. The fraction of sp³-hybridized carbons (Fsp3) is 0.857. The van der Waals surface area contributed by atoms with Crippen LogP contribution >= 0.6 is 0 Å². The van der Waals surface area contributed by atoms with Crippen molar-refractivity contribution in [3.05, 3.63) is 0 Å². The maximum absolute atomic E-state index is 12.1. The number of esters is 1. The summed E-state index contributed by atoms with van der Waals surface area (Å²) in [6, 6.07) is 0. The quantitative estimate of drug-likeness (QED) is 0.406. The van der Waals surface area contributed by atoms with E-state index in [2.05, 4.69) is 6.92 Å². The fourth-order valence-electron chi connectivity index (χ4n) is 2.52. The highest BCUT2D eigenvalue weighted by Crippen LogP contribution is 2.41. The molecule has 1 saturated carbocycles. The van der Waals surface area contributed by atoms with Crippen LogP contribution < -0.4 is 0 Å². The first-order chi connectivity index (χ1) is 8.03. The highest BCUT2D eigenvalue weighted by molar-refractivity contribution is 6.05. The second-order valence-electron chi connectivity index (χ2n) is 5.27. The first kappa shape index (κ1) is 14.2. The van der Waals surface area contributed by atoms with Crippen molar-refractivity contribution in [3.8, 4) is 0 Å². The molecule has 0 amide bonds. The first-order valence-electron chi connectivity index (χ1n) is 6.77. The number of hydrogen-bond acceptors (Lipinski definition) is 3. The average molecular weight is 240 g/mol. The van der Waals surface area contributed by atoms with Gasteiger partial charge in [-0.3, -0.25) is 9.59 Å². The van der Waals surface area contributed by atoms with Crippen LogP contribution in [0.2, 0.25) is 0 Å². The molecule has 3 heteroatoms. The summed E-state index contributed by atoms with van der Waals surface area (Å²) in [6.45, 7) is 5.78. The average Bonchev–Trinajstić information content (AvgIpc) is 2.61. The molecule has 1 aliphatic carbocycles. The summed E-state index contributed by atoms with van der Waals surface area (Å²) in [4.78, 5) is 24.2. The molecule has 0 aromatic carbocycles. The van der Waals surface area contributed by atoms with E-state index in [1.54, 1.807) is 0 Å². The molecular weight excluding hydrogens is 216 g/mol. The Hall–Kier alpha value is -0.860. The Balaban J connectivity index is 2.72. The van der Waals surface area contributed by atoms with Crippen LogP contribution in [0.1, 0.15) is 65.7 Å². The molecule has 17 heavy (non-hydrogen) atoms. The number of Topliss-reactive ketones (excluding diaryl/α,β-unsaturated/α-hetero) is 1. The molecule has 0 radical (unpaired) electrons. The molecular formula is C14H24O3. The summed E-state index contributed by atoms with van der Waals surface area (Å²) in [5, 5.41) is 0. The molecule has 0 bridgehead atoms. The van der Waals surface area contributed by atoms with Crippen molar-refractivity contribution in [1.82, 2.24) is 0 Å². The Kier molecular flexibility index (Phi) is 5.16. The smallest absolute Gasteiger partial charge is 0.319 e. The van der Waals surface area contributed by atoms with Crippen LogP contribution in [0.4, 0.5) is 0 Å². The van der Waals surface area contributed by atoms with E-state index in [9.17, 15) is 9.59 Å². The molecule has 1 unspecified atom stereocenters. The van der Waals surface area contributed by atoms with Crippen LogP contribution in [0.25, 0.3) is 0 Å². The molecule has 1 fully saturated rings. The van der Waals surface area contributed by atoms with Crippen molar-refractivity contribution >= 4 is 11.8 Å². The first-order valence-corrected chi connectivity index (χ1v) is 6.77. The molecule has 98 valence electrons. The summed E-state index contributed by atoms with van der Waals surface area (Å²) in [7, 11) is 0. The lowest BCUT2D eigenvalue weighted by Crippen LogP contribution is -2.38. The second-order valence-corrected chi connectivity index (χ2v) is 5.27. The molecule has 0 spiro atoms. The summed E-state index contributed by atoms with van der Waals surface area (Å²) < 4.78 is 5.28. The highest BCUT2D eigenvalue weighted by Gasteiger charge is 2.49. The van der Waals surface area contributed by atoms with Crippen molar-refractivity contribution in [1.29, 1.82) is 0 Å². The minimum Gasteiger partial charge on any atom is -0.462 e. The monoisotopic (exact) mass is 240 g/mol. The zero-order chi connectivity index (χ0) is 12.9. The van der Waals surface area contributed by atoms with Crippen molar-refractivity contribution in [2.24, 2.45) is 5.41 Å². The summed E-state index contributed by atoms with van der Waals surface area (Å²) in [5.74, 6) is -0.189. The van der Waals surface area contributed by atoms with Gasteiger partial charge in [-0.05, 0) is 33.1 Å². The topological polar surface area (TPSA) is 43.4 Å². The van der Waals surface area contributed by atoms with E-state index >= 15 is 0 Å². The summed E-state index contributed by atoms with van der Waals surface area (Å²) >= 11 is 0. The maximum atomic E-state index is 12.1. The van der Waals surface area contributed by atoms with Gasteiger partial charge in [0.05, 0.1) is 6.10 Å². The van der Waals surface area contributed by atoms with Gasteiger partial charge in [-0.1, -0.05) is 26.2 Å². The minimum absolute atomic E-state index is 0.0965. The Morgan fingerprint density at radius 3 is 2.59 bits per heavy atom. The molecule has 0 saturated heterocycles. The lowest BCUT2D eigenvalue weighted by Gasteiger charge is -2.26. The van der Waals surface area contributed by atoms with Crippen LogP contribution in [0.15, 0.2) is 0 Å². The zero-order valence-corrected chi connectivity index (χ0v) is 11.3. The van der Waals surface area contributed by atoms with E-state index in [0.717, 1.165) is 25.7 Å². The third-order valence-electron chi connectivity index (χ3n) is 3.48. The van der Waals surface area contributed by atoms with Crippen LogP contribution in [0, 0.1) is 5.41 Å². The third-order valence-corrected chi connectivity index (χ3v) is 3.48. The second kappa shape index (κ2) is 6.18. The molecule has 1 aliphatic rings. The SMILES string of the molecule is CCCCCC1(C(=O)OC(C)C)CCCC1=O. The highest BCUT2D eigenvalue weighted by atomic mass is 16.5.